The van der Waals surface area contributed by atoms with Crippen LogP contribution in [0.3, 0.4) is 0 Å². The molecule has 2 aromatic carbocycles. The zero-order chi connectivity index (χ0) is 23.4. The summed E-state index contributed by atoms with van der Waals surface area (Å²) >= 11 is 14.1. The number of hydrogen-bond acceptors (Lipinski definition) is 4. The van der Waals surface area contributed by atoms with Crippen molar-refractivity contribution in [1.29, 1.82) is 0 Å². The largest absolute Gasteiger partial charge is 0.343 e. The second-order valence-electron chi connectivity index (χ2n) is 8.62. The average Bonchev–Trinajstić information content (AvgIpc) is 3.23. The van der Waals surface area contributed by atoms with Gasteiger partial charge in [0.2, 0.25) is 5.91 Å². The molecule has 3 aromatic rings. The SMILES string of the molecule is Cc1ccc(-c2nnc(SCCCC(=O)N3CCC(C)CC3)n2-c2ccc(Cl)c(Cl)c2)cc1. The molecule has 33 heavy (non-hydrogen) atoms. The third-order valence-corrected chi connectivity index (χ3v) is 7.76. The molecular weight excluding hydrogens is 475 g/mol. The van der Waals surface area contributed by atoms with Crippen molar-refractivity contribution in [2.75, 3.05) is 18.8 Å². The normalized spacial score (nSPS) is 14.6. The number of amides is 1. The summed E-state index contributed by atoms with van der Waals surface area (Å²) in [5.41, 5.74) is 3.01. The van der Waals surface area contributed by atoms with Crippen molar-refractivity contribution < 1.29 is 4.79 Å². The minimum atomic E-state index is 0.258. The monoisotopic (exact) mass is 502 g/mol. The molecule has 1 aliphatic rings. The highest BCUT2D eigenvalue weighted by molar-refractivity contribution is 7.99. The van der Waals surface area contributed by atoms with E-state index in [1.54, 1.807) is 17.8 Å². The zero-order valence-corrected chi connectivity index (χ0v) is 21.3. The van der Waals surface area contributed by atoms with Crippen LogP contribution in [-0.4, -0.2) is 44.4 Å². The van der Waals surface area contributed by atoms with Crippen LogP contribution in [0.2, 0.25) is 10.0 Å². The molecule has 0 saturated carbocycles. The minimum absolute atomic E-state index is 0.258. The van der Waals surface area contributed by atoms with E-state index in [2.05, 4.69) is 36.2 Å². The average molecular weight is 503 g/mol. The van der Waals surface area contributed by atoms with Crippen molar-refractivity contribution in [3.05, 3.63) is 58.1 Å². The topological polar surface area (TPSA) is 51.0 Å². The Hall–Kier alpha value is -2.02. The Bertz CT molecular complexity index is 1110. The summed E-state index contributed by atoms with van der Waals surface area (Å²) in [7, 11) is 0. The van der Waals surface area contributed by atoms with Gasteiger partial charge in [-0.15, -0.1) is 10.2 Å². The second kappa shape index (κ2) is 10.9. The first-order chi connectivity index (χ1) is 15.9. The van der Waals surface area contributed by atoms with Crippen molar-refractivity contribution in [2.24, 2.45) is 5.92 Å². The summed E-state index contributed by atoms with van der Waals surface area (Å²) < 4.78 is 2.01. The van der Waals surface area contributed by atoms with Gasteiger partial charge in [-0.2, -0.15) is 0 Å². The molecule has 1 saturated heterocycles. The number of benzene rings is 2. The second-order valence-corrected chi connectivity index (χ2v) is 10.5. The van der Waals surface area contributed by atoms with Crippen LogP contribution in [0.4, 0.5) is 0 Å². The summed E-state index contributed by atoms with van der Waals surface area (Å²) in [5.74, 6) is 2.51. The van der Waals surface area contributed by atoms with E-state index in [0.717, 1.165) is 66.3 Å². The molecule has 0 aliphatic carbocycles. The number of nitrogens with zero attached hydrogens (tertiary/aromatic N) is 4. The van der Waals surface area contributed by atoms with Gasteiger partial charge in [-0.3, -0.25) is 9.36 Å². The molecule has 0 unspecified atom stereocenters. The lowest BCUT2D eigenvalue weighted by Crippen LogP contribution is -2.37. The molecule has 0 bridgehead atoms. The van der Waals surface area contributed by atoms with Crippen molar-refractivity contribution in [1.82, 2.24) is 19.7 Å². The van der Waals surface area contributed by atoms with Gasteiger partial charge in [-0.05, 0) is 50.3 Å². The van der Waals surface area contributed by atoms with Gasteiger partial charge in [0.05, 0.1) is 15.7 Å². The smallest absolute Gasteiger partial charge is 0.222 e. The fourth-order valence-corrected chi connectivity index (χ4v) is 5.10. The fraction of sp³-hybridized carbons (Fsp3) is 0.400. The predicted molar refractivity (Wildman–Crippen MR) is 136 cm³/mol. The van der Waals surface area contributed by atoms with Crippen LogP contribution in [0.5, 0.6) is 0 Å². The van der Waals surface area contributed by atoms with Crippen LogP contribution in [-0.2, 0) is 4.79 Å². The number of likely N-dealkylation sites (tertiary alicyclic amines) is 1. The standard InChI is InChI=1S/C25H28Cl2N4OS/c1-17-5-7-19(8-6-17)24-28-29-25(31(24)20-9-10-21(26)22(27)16-20)33-15-3-4-23(32)30-13-11-18(2)12-14-30/h5-10,16,18H,3-4,11-15H2,1-2H3. The molecule has 5 nitrogen and oxygen atoms in total. The fourth-order valence-electron chi connectivity index (χ4n) is 3.91. The predicted octanol–water partition coefficient (Wildman–Crippen LogP) is 6.68. The van der Waals surface area contributed by atoms with Crippen LogP contribution in [0.15, 0.2) is 47.6 Å². The van der Waals surface area contributed by atoms with E-state index in [1.165, 1.54) is 5.56 Å². The number of hydrogen-bond donors (Lipinski definition) is 0. The lowest BCUT2D eigenvalue weighted by atomic mass is 9.99. The maximum absolute atomic E-state index is 12.5. The molecule has 0 N–H and O–H groups in total. The number of rotatable bonds is 7. The maximum Gasteiger partial charge on any atom is 0.222 e. The van der Waals surface area contributed by atoms with Crippen LogP contribution in [0.25, 0.3) is 17.1 Å². The number of halogens is 2. The summed E-state index contributed by atoms with van der Waals surface area (Å²) in [6.45, 7) is 6.09. The molecule has 0 spiro atoms. The molecule has 4 rings (SSSR count). The van der Waals surface area contributed by atoms with Crippen molar-refractivity contribution in [3.8, 4) is 17.1 Å². The van der Waals surface area contributed by atoms with Gasteiger partial charge in [0.25, 0.3) is 0 Å². The Balaban J connectivity index is 1.48. The molecule has 1 fully saturated rings. The molecule has 0 atom stereocenters. The lowest BCUT2D eigenvalue weighted by Gasteiger charge is -2.30. The molecule has 1 amide bonds. The van der Waals surface area contributed by atoms with Crippen LogP contribution in [0, 0.1) is 12.8 Å². The first-order valence-electron chi connectivity index (χ1n) is 11.3. The maximum atomic E-state index is 12.5. The molecule has 2 heterocycles. The summed E-state index contributed by atoms with van der Waals surface area (Å²) in [5, 5.41) is 10.7. The van der Waals surface area contributed by atoms with E-state index in [9.17, 15) is 4.79 Å². The summed E-state index contributed by atoms with van der Waals surface area (Å²) in [4.78, 5) is 14.6. The minimum Gasteiger partial charge on any atom is -0.343 e. The van der Waals surface area contributed by atoms with E-state index < -0.39 is 0 Å². The highest BCUT2D eigenvalue weighted by Gasteiger charge is 2.20. The molecule has 0 radical (unpaired) electrons. The Kier molecular flexibility index (Phi) is 7.99. The van der Waals surface area contributed by atoms with Gasteiger partial charge >= 0.3 is 0 Å². The first kappa shape index (κ1) is 24.1. The zero-order valence-electron chi connectivity index (χ0n) is 18.9. The van der Waals surface area contributed by atoms with E-state index in [4.69, 9.17) is 23.2 Å². The highest BCUT2D eigenvalue weighted by atomic mass is 35.5. The molecular formula is C25H28Cl2N4OS. The number of aryl methyl sites for hydroxylation is 1. The Morgan fingerprint density at radius 2 is 1.79 bits per heavy atom. The number of aromatic nitrogens is 3. The summed E-state index contributed by atoms with van der Waals surface area (Å²) in [6.07, 6.45) is 3.57. The Morgan fingerprint density at radius 3 is 2.48 bits per heavy atom. The summed E-state index contributed by atoms with van der Waals surface area (Å²) in [6, 6.07) is 13.7. The Labute approximate surface area is 209 Å². The number of piperidine rings is 1. The van der Waals surface area contributed by atoms with Crippen molar-refractivity contribution in [3.63, 3.8) is 0 Å². The van der Waals surface area contributed by atoms with Gasteiger partial charge < -0.3 is 4.90 Å². The van der Waals surface area contributed by atoms with Crippen LogP contribution >= 0.6 is 35.0 Å². The van der Waals surface area contributed by atoms with Crippen molar-refractivity contribution >= 4 is 40.9 Å². The van der Waals surface area contributed by atoms with E-state index >= 15 is 0 Å². The quantitative estimate of drug-likeness (QED) is 0.267. The molecule has 1 aromatic heterocycles. The van der Waals surface area contributed by atoms with E-state index in [1.807, 2.05) is 33.7 Å². The van der Waals surface area contributed by atoms with Crippen molar-refractivity contribution in [2.45, 2.75) is 44.7 Å². The van der Waals surface area contributed by atoms with Gasteiger partial charge in [0.1, 0.15) is 0 Å². The van der Waals surface area contributed by atoms with Gasteiger partial charge in [-0.1, -0.05) is 71.7 Å². The Morgan fingerprint density at radius 1 is 1.06 bits per heavy atom. The first-order valence-corrected chi connectivity index (χ1v) is 13.0. The van der Waals surface area contributed by atoms with Gasteiger partial charge in [0.15, 0.2) is 11.0 Å². The molecule has 174 valence electrons. The van der Waals surface area contributed by atoms with Gasteiger partial charge in [0, 0.05) is 30.8 Å². The molecule has 1 aliphatic heterocycles. The van der Waals surface area contributed by atoms with Gasteiger partial charge in [-0.25, -0.2) is 0 Å². The van der Waals surface area contributed by atoms with Crippen LogP contribution < -0.4 is 0 Å². The molecule has 8 heteroatoms. The highest BCUT2D eigenvalue weighted by Crippen LogP contribution is 2.32. The van der Waals surface area contributed by atoms with E-state index in [0.29, 0.717) is 16.5 Å². The number of carbonyl (C=O) groups is 1. The van der Waals surface area contributed by atoms with Crippen LogP contribution in [0.1, 0.15) is 38.2 Å². The third kappa shape index (κ3) is 5.92. The van der Waals surface area contributed by atoms with E-state index in [-0.39, 0.29) is 5.91 Å². The third-order valence-electron chi connectivity index (χ3n) is 6.01. The number of thioether (sulfide) groups is 1. The lowest BCUT2D eigenvalue weighted by molar-refractivity contribution is -0.132. The number of carbonyl (C=O) groups excluding carboxylic acids is 1.